The molecule has 4 N–H and O–H groups in total. The van der Waals surface area contributed by atoms with Crippen molar-refractivity contribution in [2.45, 2.75) is 69.8 Å². The molecule has 54 heavy (non-hydrogen) atoms. The number of H-pyrrole nitrogens is 1. The molecular formula is C35H41F6N11O2. The molecule has 19 heteroatoms. The number of benzene rings is 1. The van der Waals surface area contributed by atoms with Gasteiger partial charge in [0.1, 0.15) is 29.5 Å². The summed E-state index contributed by atoms with van der Waals surface area (Å²) in [6, 6.07) is 5.41. The Morgan fingerprint density at radius 2 is 1.61 bits per heavy atom. The average molecular weight is 762 g/mol. The van der Waals surface area contributed by atoms with Crippen molar-refractivity contribution in [2.24, 2.45) is 5.92 Å². The summed E-state index contributed by atoms with van der Waals surface area (Å²) in [4.78, 5) is 52.0. The van der Waals surface area contributed by atoms with Crippen LogP contribution in [0.15, 0.2) is 43.0 Å². The molecule has 1 atom stereocenters. The van der Waals surface area contributed by atoms with Gasteiger partial charge in [-0.3, -0.25) is 9.59 Å². The molecule has 2 aliphatic heterocycles. The molecule has 290 valence electrons. The van der Waals surface area contributed by atoms with Crippen LogP contribution < -0.4 is 25.8 Å². The number of hydrogen-bond donors (Lipinski definition) is 4. The number of carbonyl (C=O) groups is 2. The van der Waals surface area contributed by atoms with Gasteiger partial charge in [-0.15, -0.1) is 0 Å². The van der Waals surface area contributed by atoms with E-state index < -0.39 is 35.7 Å². The van der Waals surface area contributed by atoms with Gasteiger partial charge < -0.3 is 30.7 Å². The van der Waals surface area contributed by atoms with Crippen molar-refractivity contribution in [3.8, 4) is 0 Å². The number of nitrogens with zero attached hydrogens (tertiary/aromatic N) is 7. The number of aromatic amines is 1. The molecule has 0 radical (unpaired) electrons. The van der Waals surface area contributed by atoms with Crippen LogP contribution in [0, 0.1) is 5.92 Å². The molecule has 2 amide bonds. The molecule has 4 aromatic rings. The molecule has 6 rings (SSSR count). The SMILES string of the molecule is O=C(CCCC1CCN(c2cc(N3CCCC3C(=O)NCCc3ccc(C(F)(F)F)cc3)nc(C(F)(F)F)n2)CC1)NCCNc1ncnc2[nH]cnc12. The maximum absolute atomic E-state index is 14.0. The molecule has 5 heterocycles. The lowest BCUT2D eigenvalue weighted by molar-refractivity contribution is -0.144. The molecule has 2 aliphatic rings. The third-order valence-electron chi connectivity index (χ3n) is 9.71. The van der Waals surface area contributed by atoms with Crippen LogP contribution in [0.4, 0.5) is 43.8 Å². The summed E-state index contributed by atoms with van der Waals surface area (Å²) in [5, 5.41) is 8.81. The minimum absolute atomic E-state index is 0.0162. The van der Waals surface area contributed by atoms with Crippen LogP contribution >= 0.6 is 0 Å². The van der Waals surface area contributed by atoms with Crippen molar-refractivity contribution in [1.82, 2.24) is 40.5 Å². The summed E-state index contributed by atoms with van der Waals surface area (Å²) in [7, 11) is 0. The smallest absolute Gasteiger partial charge is 0.366 e. The minimum atomic E-state index is -4.80. The third kappa shape index (κ3) is 9.84. The number of alkyl halides is 6. The molecule has 1 aromatic carbocycles. The highest BCUT2D eigenvalue weighted by Crippen LogP contribution is 2.35. The highest BCUT2D eigenvalue weighted by atomic mass is 19.4. The zero-order valence-corrected chi connectivity index (χ0v) is 29.3. The molecule has 0 bridgehead atoms. The molecule has 2 saturated heterocycles. The summed E-state index contributed by atoms with van der Waals surface area (Å²) in [6.07, 6.45) is -1.74. The number of imidazole rings is 1. The Labute approximate surface area is 306 Å². The first-order chi connectivity index (χ1) is 25.8. The lowest BCUT2D eigenvalue weighted by Crippen LogP contribution is -2.44. The number of amides is 2. The van der Waals surface area contributed by atoms with E-state index >= 15 is 0 Å². The van der Waals surface area contributed by atoms with Crippen molar-refractivity contribution in [2.75, 3.05) is 54.4 Å². The van der Waals surface area contributed by atoms with Crippen LogP contribution in [-0.2, 0) is 28.4 Å². The largest absolute Gasteiger partial charge is 0.451 e. The Kier molecular flexibility index (Phi) is 12.0. The van der Waals surface area contributed by atoms with E-state index in [1.165, 1.54) is 30.9 Å². The Bertz CT molecular complexity index is 1880. The van der Waals surface area contributed by atoms with E-state index in [9.17, 15) is 35.9 Å². The van der Waals surface area contributed by atoms with Crippen LogP contribution in [-0.4, -0.2) is 87.0 Å². The highest BCUT2D eigenvalue weighted by Gasteiger charge is 2.39. The van der Waals surface area contributed by atoms with Gasteiger partial charge in [-0.05, 0) is 68.6 Å². The number of halogens is 6. The predicted molar refractivity (Wildman–Crippen MR) is 188 cm³/mol. The lowest BCUT2D eigenvalue weighted by atomic mass is 9.91. The summed E-state index contributed by atoms with van der Waals surface area (Å²) >= 11 is 0. The Morgan fingerprint density at radius 1 is 0.852 bits per heavy atom. The van der Waals surface area contributed by atoms with E-state index in [0.717, 1.165) is 31.4 Å². The van der Waals surface area contributed by atoms with E-state index in [1.807, 2.05) is 0 Å². The molecule has 13 nitrogen and oxygen atoms in total. The summed E-state index contributed by atoms with van der Waals surface area (Å²) in [5.74, 6) is -0.696. The fourth-order valence-corrected chi connectivity index (χ4v) is 6.85. The van der Waals surface area contributed by atoms with Crippen LogP contribution in [0.2, 0.25) is 0 Å². The number of piperidine rings is 1. The van der Waals surface area contributed by atoms with E-state index in [2.05, 4.69) is 45.9 Å². The van der Waals surface area contributed by atoms with Crippen molar-refractivity contribution in [3.63, 3.8) is 0 Å². The fourth-order valence-electron chi connectivity index (χ4n) is 6.85. The number of hydrogen-bond acceptors (Lipinski definition) is 10. The molecule has 3 aromatic heterocycles. The van der Waals surface area contributed by atoms with E-state index in [-0.39, 0.29) is 30.5 Å². The topological polar surface area (TPSA) is 157 Å². The number of anilines is 3. The molecule has 0 spiro atoms. The molecule has 0 aliphatic carbocycles. The van der Waals surface area contributed by atoms with Gasteiger partial charge in [-0.1, -0.05) is 12.1 Å². The number of carbonyl (C=O) groups excluding carboxylic acids is 2. The Morgan fingerprint density at radius 3 is 2.35 bits per heavy atom. The van der Waals surface area contributed by atoms with E-state index in [4.69, 9.17) is 0 Å². The monoisotopic (exact) mass is 761 g/mol. The van der Waals surface area contributed by atoms with Gasteiger partial charge in [0, 0.05) is 51.8 Å². The van der Waals surface area contributed by atoms with Crippen LogP contribution in [0.5, 0.6) is 0 Å². The second kappa shape index (κ2) is 16.8. The molecular weight excluding hydrogens is 720 g/mol. The number of nitrogens with one attached hydrogen (secondary N) is 4. The zero-order chi connectivity index (χ0) is 38.3. The van der Waals surface area contributed by atoms with Crippen molar-refractivity contribution < 1.29 is 35.9 Å². The first kappa shape index (κ1) is 38.5. The summed E-state index contributed by atoms with van der Waals surface area (Å²) in [5.41, 5.74) is 1.07. The summed E-state index contributed by atoms with van der Waals surface area (Å²) in [6.45, 7) is 2.31. The maximum Gasteiger partial charge on any atom is 0.451 e. The van der Waals surface area contributed by atoms with Gasteiger partial charge in [0.15, 0.2) is 11.5 Å². The van der Waals surface area contributed by atoms with Gasteiger partial charge in [-0.25, -0.2) is 24.9 Å². The number of rotatable bonds is 14. The predicted octanol–water partition coefficient (Wildman–Crippen LogP) is 5.12. The van der Waals surface area contributed by atoms with Gasteiger partial charge >= 0.3 is 12.4 Å². The average Bonchev–Trinajstić information content (AvgIpc) is 3.84. The Hall–Kier alpha value is -5.23. The number of aromatic nitrogens is 6. The third-order valence-corrected chi connectivity index (χ3v) is 9.71. The van der Waals surface area contributed by atoms with Crippen LogP contribution in [0.25, 0.3) is 11.2 Å². The Balaban J connectivity index is 0.964. The second-order valence-electron chi connectivity index (χ2n) is 13.4. The molecule has 1 unspecified atom stereocenters. The van der Waals surface area contributed by atoms with Gasteiger partial charge in [-0.2, -0.15) is 26.3 Å². The molecule has 2 fully saturated rings. The van der Waals surface area contributed by atoms with E-state index in [0.29, 0.717) is 86.9 Å². The minimum Gasteiger partial charge on any atom is -0.366 e. The first-order valence-corrected chi connectivity index (χ1v) is 17.9. The zero-order valence-electron chi connectivity index (χ0n) is 29.3. The lowest BCUT2D eigenvalue weighted by Gasteiger charge is -2.34. The van der Waals surface area contributed by atoms with Crippen molar-refractivity contribution in [3.05, 3.63) is 59.9 Å². The highest BCUT2D eigenvalue weighted by molar-refractivity contribution is 5.85. The number of fused-ring (bicyclic) bond motifs is 1. The second-order valence-corrected chi connectivity index (χ2v) is 13.4. The first-order valence-electron chi connectivity index (χ1n) is 17.9. The van der Waals surface area contributed by atoms with Gasteiger partial charge in [0.05, 0.1) is 11.9 Å². The maximum atomic E-state index is 14.0. The van der Waals surface area contributed by atoms with Gasteiger partial charge in [0.2, 0.25) is 17.6 Å². The summed E-state index contributed by atoms with van der Waals surface area (Å²) < 4.78 is 80.6. The van der Waals surface area contributed by atoms with Crippen molar-refractivity contribution in [1.29, 1.82) is 0 Å². The van der Waals surface area contributed by atoms with Crippen LogP contribution in [0.3, 0.4) is 0 Å². The van der Waals surface area contributed by atoms with Crippen molar-refractivity contribution >= 4 is 40.4 Å². The fraction of sp³-hybridized carbons (Fsp3) is 0.514. The quantitative estimate of drug-likeness (QED) is 0.101. The molecule has 0 saturated carbocycles. The van der Waals surface area contributed by atoms with E-state index in [1.54, 1.807) is 9.80 Å². The normalized spacial score (nSPS) is 16.9. The van der Waals surface area contributed by atoms with Gasteiger partial charge in [0.25, 0.3) is 0 Å². The standard InChI is InChI=1S/C35H41F6N11O2/c36-34(37,38)24-8-6-23(7-9-24)10-13-44-32(54)25-4-2-16-52(25)27-19-26(49-33(50-27)35(39,40)41)51-17-11-22(12-18-51)3-1-5-28(53)42-14-15-43-30-29-31(46-20-45-29)48-21-47-30/h6-9,19-22,25H,1-5,10-18H2,(H,42,53)(H,44,54)(H2,43,45,46,47,48). The van der Waals surface area contributed by atoms with Crippen LogP contribution in [0.1, 0.15) is 61.9 Å².